The highest BCUT2D eigenvalue weighted by atomic mass is 16.7. The van der Waals surface area contributed by atoms with Crippen molar-refractivity contribution in [2.45, 2.75) is 33.5 Å². The van der Waals surface area contributed by atoms with Crippen molar-refractivity contribution in [3.63, 3.8) is 0 Å². The maximum Gasteiger partial charge on any atom is 0.321 e. The van der Waals surface area contributed by atoms with Crippen LogP contribution < -0.4 is 0 Å². The van der Waals surface area contributed by atoms with Crippen LogP contribution in [0.1, 0.15) is 27.2 Å². The van der Waals surface area contributed by atoms with E-state index < -0.39 is 17.7 Å². The topological polar surface area (TPSA) is 52.6 Å². The normalized spacial score (nSPS) is 33.2. The van der Waals surface area contributed by atoms with E-state index in [-0.39, 0.29) is 5.78 Å². The number of ether oxygens (including phenoxy) is 2. The van der Waals surface area contributed by atoms with Crippen LogP contribution in [0.15, 0.2) is 0 Å². The van der Waals surface area contributed by atoms with Crippen molar-refractivity contribution in [1.82, 2.24) is 0 Å². The van der Waals surface area contributed by atoms with Crippen LogP contribution in [0.3, 0.4) is 0 Å². The lowest BCUT2D eigenvalue weighted by atomic mass is 9.85. The standard InChI is InChI=1S/C9H14O4/c1-4-12-7-5-9(3,6(2)10)8(11)13-7/h7H,4-5H2,1-3H3/t7-,9-/m1/s1. The Morgan fingerprint density at radius 1 is 1.77 bits per heavy atom. The van der Waals surface area contributed by atoms with Crippen molar-refractivity contribution in [3.8, 4) is 0 Å². The molecular weight excluding hydrogens is 172 g/mol. The van der Waals surface area contributed by atoms with Crippen LogP contribution in [0, 0.1) is 5.41 Å². The molecule has 2 atom stereocenters. The summed E-state index contributed by atoms with van der Waals surface area (Å²) >= 11 is 0. The highest BCUT2D eigenvalue weighted by Crippen LogP contribution is 2.34. The van der Waals surface area contributed by atoms with E-state index in [9.17, 15) is 9.59 Å². The third-order valence-electron chi connectivity index (χ3n) is 2.39. The first-order chi connectivity index (χ1) is 6.00. The minimum Gasteiger partial charge on any atom is -0.435 e. The van der Waals surface area contributed by atoms with Gasteiger partial charge in [0.25, 0.3) is 0 Å². The predicted octanol–water partition coefficient (Wildman–Crippen LogP) is 0.891. The number of ketones is 1. The second-order valence-electron chi connectivity index (χ2n) is 3.38. The van der Waals surface area contributed by atoms with E-state index in [1.54, 1.807) is 6.92 Å². The summed E-state index contributed by atoms with van der Waals surface area (Å²) in [5.74, 6) is -0.641. The van der Waals surface area contributed by atoms with E-state index in [1.807, 2.05) is 6.92 Å². The smallest absolute Gasteiger partial charge is 0.321 e. The molecule has 0 N–H and O–H groups in total. The molecule has 4 heteroatoms. The molecule has 0 aromatic carbocycles. The monoisotopic (exact) mass is 186 g/mol. The summed E-state index contributed by atoms with van der Waals surface area (Å²) in [6.45, 7) is 5.29. The Bertz CT molecular complexity index is 236. The lowest BCUT2D eigenvalue weighted by Crippen LogP contribution is -2.30. The fourth-order valence-electron chi connectivity index (χ4n) is 1.27. The van der Waals surface area contributed by atoms with Crippen molar-refractivity contribution in [2.75, 3.05) is 6.61 Å². The van der Waals surface area contributed by atoms with Gasteiger partial charge in [0.15, 0.2) is 0 Å². The van der Waals surface area contributed by atoms with Gasteiger partial charge in [-0.05, 0) is 20.8 Å². The molecule has 0 aromatic rings. The molecular formula is C9H14O4. The summed E-state index contributed by atoms with van der Waals surface area (Å²) in [4.78, 5) is 22.5. The van der Waals surface area contributed by atoms with Crippen LogP contribution in [0.25, 0.3) is 0 Å². The molecule has 74 valence electrons. The summed E-state index contributed by atoms with van der Waals surface area (Å²) in [5.41, 5.74) is -1.00. The van der Waals surface area contributed by atoms with Crippen LogP contribution >= 0.6 is 0 Å². The molecule has 0 amide bonds. The van der Waals surface area contributed by atoms with E-state index in [2.05, 4.69) is 0 Å². The van der Waals surface area contributed by atoms with Crippen molar-refractivity contribution >= 4 is 11.8 Å². The molecule has 0 aliphatic carbocycles. The Hall–Kier alpha value is -0.900. The maximum atomic E-state index is 11.3. The molecule has 1 saturated heterocycles. The summed E-state index contributed by atoms with van der Waals surface area (Å²) in [6.07, 6.45) is -0.221. The fraction of sp³-hybridized carbons (Fsp3) is 0.778. The lowest BCUT2D eigenvalue weighted by Gasteiger charge is -2.13. The maximum absolute atomic E-state index is 11.3. The molecule has 0 unspecified atom stereocenters. The van der Waals surface area contributed by atoms with Crippen molar-refractivity contribution < 1.29 is 19.1 Å². The molecule has 1 aliphatic rings. The molecule has 0 aromatic heterocycles. The molecule has 1 heterocycles. The summed E-state index contributed by atoms with van der Waals surface area (Å²) < 4.78 is 10.0. The van der Waals surface area contributed by atoms with Gasteiger partial charge in [-0.1, -0.05) is 0 Å². The zero-order valence-electron chi connectivity index (χ0n) is 8.12. The first-order valence-corrected chi connectivity index (χ1v) is 4.34. The Morgan fingerprint density at radius 3 is 2.77 bits per heavy atom. The number of carbonyl (C=O) groups is 2. The van der Waals surface area contributed by atoms with Gasteiger partial charge in [0.2, 0.25) is 6.29 Å². The first kappa shape index (κ1) is 10.2. The molecule has 13 heavy (non-hydrogen) atoms. The van der Waals surface area contributed by atoms with Gasteiger partial charge < -0.3 is 9.47 Å². The molecule has 4 nitrogen and oxygen atoms in total. The highest BCUT2D eigenvalue weighted by molar-refractivity contribution is 6.03. The van der Waals surface area contributed by atoms with Gasteiger partial charge in [-0.25, -0.2) is 0 Å². The number of hydrogen-bond acceptors (Lipinski definition) is 4. The van der Waals surface area contributed by atoms with Gasteiger partial charge in [-0.2, -0.15) is 0 Å². The van der Waals surface area contributed by atoms with Crippen LogP contribution in [0.5, 0.6) is 0 Å². The molecule has 0 bridgehead atoms. The molecule has 0 spiro atoms. The van der Waals surface area contributed by atoms with E-state index in [4.69, 9.17) is 9.47 Å². The van der Waals surface area contributed by atoms with Crippen molar-refractivity contribution in [2.24, 2.45) is 5.41 Å². The molecule has 1 rings (SSSR count). The van der Waals surface area contributed by atoms with E-state index >= 15 is 0 Å². The Labute approximate surface area is 77.2 Å². The third kappa shape index (κ3) is 1.72. The number of carbonyl (C=O) groups excluding carboxylic acids is 2. The Morgan fingerprint density at radius 2 is 2.38 bits per heavy atom. The number of hydrogen-bond donors (Lipinski definition) is 0. The largest absolute Gasteiger partial charge is 0.435 e. The number of Topliss-reactive ketones (excluding diaryl/α,β-unsaturated/α-hetero) is 1. The van der Waals surface area contributed by atoms with Gasteiger partial charge >= 0.3 is 5.97 Å². The van der Waals surface area contributed by atoms with Crippen LogP contribution in [-0.2, 0) is 19.1 Å². The number of cyclic esters (lactones) is 1. The molecule has 1 fully saturated rings. The van der Waals surface area contributed by atoms with Gasteiger partial charge in [-0.3, -0.25) is 9.59 Å². The van der Waals surface area contributed by atoms with E-state index in [1.165, 1.54) is 6.92 Å². The lowest BCUT2D eigenvalue weighted by molar-refractivity contribution is -0.164. The predicted molar refractivity (Wildman–Crippen MR) is 44.9 cm³/mol. The quantitative estimate of drug-likeness (QED) is 0.485. The minimum absolute atomic E-state index is 0.167. The van der Waals surface area contributed by atoms with Crippen LogP contribution in [0.2, 0.25) is 0 Å². The summed E-state index contributed by atoms with van der Waals surface area (Å²) in [7, 11) is 0. The molecule has 0 radical (unpaired) electrons. The number of rotatable bonds is 3. The third-order valence-corrected chi connectivity index (χ3v) is 2.39. The second-order valence-corrected chi connectivity index (χ2v) is 3.38. The SMILES string of the molecule is CCO[C@H]1C[C@](C)(C(C)=O)C(=O)O1. The molecule has 0 saturated carbocycles. The van der Waals surface area contributed by atoms with Gasteiger partial charge in [-0.15, -0.1) is 0 Å². The fourth-order valence-corrected chi connectivity index (χ4v) is 1.27. The van der Waals surface area contributed by atoms with Gasteiger partial charge in [0.1, 0.15) is 11.2 Å². The minimum atomic E-state index is -1.00. The van der Waals surface area contributed by atoms with Crippen LogP contribution in [-0.4, -0.2) is 24.6 Å². The first-order valence-electron chi connectivity index (χ1n) is 4.34. The number of esters is 1. The van der Waals surface area contributed by atoms with Crippen molar-refractivity contribution in [3.05, 3.63) is 0 Å². The van der Waals surface area contributed by atoms with Crippen molar-refractivity contribution in [1.29, 1.82) is 0 Å². The highest BCUT2D eigenvalue weighted by Gasteiger charge is 2.49. The Balaban J connectivity index is 2.71. The average Bonchev–Trinajstić information content (AvgIpc) is 2.29. The zero-order chi connectivity index (χ0) is 10.1. The van der Waals surface area contributed by atoms with Gasteiger partial charge in [0, 0.05) is 13.0 Å². The van der Waals surface area contributed by atoms with Gasteiger partial charge in [0.05, 0.1) is 0 Å². The average molecular weight is 186 g/mol. The zero-order valence-corrected chi connectivity index (χ0v) is 8.12. The van der Waals surface area contributed by atoms with Crippen LogP contribution in [0.4, 0.5) is 0 Å². The Kier molecular flexibility index (Phi) is 2.71. The second kappa shape index (κ2) is 3.46. The molecule has 1 aliphatic heterocycles. The van der Waals surface area contributed by atoms with E-state index in [0.29, 0.717) is 13.0 Å². The summed E-state index contributed by atoms with van der Waals surface area (Å²) in [5, 5.41) is 0. The summed E-state index contributed by atoms with van der Waals surface area (Å²) in [6, 6.07) is 0. The van der Waals surface area contributed by atoms with E-state index in [0.717, 1.165) is 0 Å².